The lowest BCUT2D eigenvalue weighted by atomic mass is 10.2. The molecule has 132 valence electrons. The van der Waals surface area contributed by atoms with Crippen LogP contribution < -0.4 is 21.3 Å². The van der Waals surface area contributed by atoms with Crippen LogP contribution in [0.25, 0.3) is 0 Å². The molecule has 0 aliphatic rings. The Morgan fingerprint density at radius 3 is 2.43 bits per heavy atom. The molecule has 1 rings (SSSR count). The van der Waals surface area contributed by atoms with E-state index in [1.54, 1.807) is 0 Å². The molecule has 0 aliphatic carbocycles. The number of anilines is 1. The van der Waals surface area contributed by atoms with Crippen molar-refractivity contribution in [2.45, 2.75) is 13.8 Å². The zero-order chi connectivity index (χ0) is 15.7. The van der Waals surface area contributed by atoms with Gasteiger partial charge in [-0.15, -0.1) is 24.8 Å². The molecule has 0 bridgehead atoms. The fourth-order valence-corrected chi connectivity index (χ4v) is 1.94. The van der Waals surface area contributed by atoms with Gasteiger partial charge >= 0.3 is 0 Å². The van der Waals surface area contributed by atoms with Crippen LogP contribution in [0.3, 0.4) is 0 Å². The molecule has 1 aromatic carbocycles. The molecule has 0 fully saturated rings. The third-order valence-corrected chi connectivity index (χ3v) is 3.08. The van der Waals surface area contributed by atoms with Crippen molar-refractivity contribution in [2.24, 2.45) is 5.73 Å². The maximum Gasteiger partial charge on any atom is 0.239 e. The smallest absolute Gasteiger partial charge is 0.239 e. The monoisotopic (exact) mass is 364 g/mol. The quantitative estimate of drug-likeness (QED) is 0.638. The Balaban J connectivity index is 0. The van der Waals surface area contributed by atoms with Crippen LogP contribution in [0.1, 0.15) is 12.5 Å². The number of amides is 2. The second kappa shape index (κ2) is 13.0. The number of carbonyl (C=O) groups excluding carboxylic acids is 2. The van der Waals surface area contributed by atoms with Gasteiger partial charge in [0.15, 0.2) is 0 Å². The molecule has 0 heterocycles. The molecule has 4 N–H and O–H groups in total. The zero-order valence-electron chi connectivity index (χ0n) is 13.5. The van der Waals surface area contributed by atoms with E-state index < -0.39 is 0 Å². The number of benzene rings is 1. The number of nitrogens with one attached hydrogen (secondary N) is 2. The van der Waals surface area contributed by atoms with Crippen LogP contribution in [-0.2, 0) is 9.59 Å². The van der Waals surface area contributed by atoms with Gasteiger partial charge in [-0.2, -0.15) is 0 Å². The Bertz CT molecular complexity index is 486. The van der Waals surface area contributed by atoms with Crippen molar-refractivity contribution >= 4 is 42.3 Å². The van der Waals surface area contributed by atoms with E-state index in [0.29, 0.717) is 6.54 Å². The van der Waals surface area contributed by atoms with Crippen LogP contribution in [0.15, 0.2) is 24.3 Å². The molecule has 8 heteroatoms. The molecule has 2 amide bonds. The summed E-state index contributed by atoms with van der Waals surface area (Å²) in [5.41, 5.74) is 7.49. The summed E-state index contributed by atoms with van der Waals surface area (Å²) in [6.07, 6.45) is 0. The summed E-state index contributed by atoms with van der Waals surface area (Å²) in [6.45, 7) is 6.10. The van der Waals surface area contributed by atoms with E-state index in [2.05, 4.69) is 47.6 Å². The van der Waals surface area contributed by atoms with Crippen molar-refractivity contribution in [1.82, 2.24) is 10.6 Å². The van der Waals surface area contributed by atoms with Crippen molar-refractivity contribution in [1.29, 1.82) is 0 Å². The Kier molecular flexibility index (Phi) is 13.4. The molecule has 6 nitrogen and oxygen atoms in total. The highest BCUT2D eigenvalue weighted by Crippen LogP contribution is 2.14. The molecule has 0 spiro atoms. The van der Waals surface area contributed by atoms with Gasteiger partial charge < -0.3 is 21.3 Å². The number of halogens is 2. The van der Waals surface area contributed by atoms with Gasteiger partial charge in [-0.3, -0.25) is 9.59 Å². The summed E-state index contributed by atoms with van der Waals surface area (Å²) in [7, 11) is 0. The third-order valence-electron chi connectivity index (χ3n) is 3.08. The number of hydrogen-bond donors (Lipinski definition) is 3. The molecule has 0 saturated carbocycles. The minimum Gasteiger partial charge on any atom is -0.370 e. The van der Waals surface area contributed by atoms with Gasteiger partial charge in [0, 0.05) is 25.3 Å². The van der Waals surface area contributed by atoms with Gasteiger partial charge in [0.2, 0.25) is 11.8 Å². The maximum absolute atomic E-state index is 11.5. The third kappa shape index (κ3) is 9.28. The van der Waals surface area contributed by atoms with E-state index in [-0.39, 0.29) is 49.7 Å². The van der Waals surface area contributed by atoms with E-state index >= 15 is 0 Å². The minimum absolute atomic E-state index is 0. The molecule has 0 atom stereocenters. The summed E-state index contributed by atoms with van der Waals surface area (Å²) in [5, 5.41) is 5.21. The molecule has 0 aliphatic heterocycles. The first-order valence-corrected chi connectivity index (χ1v) is 7.12. The first-order valence-electron chi connectivity index (χ1n) is 7.12. The Hall–Kier alpha value is -1.50. The summed E-state index contributed by atoms with van der Waals surface area (Å²) in [4.78, 5) is 24.7. The second-order valence-electron chi connectivity index (χ2n) is 4.75. The number of rotatable bonds is 8. The van der Waals surface area contributed by atoms with Crippen molar-refractivity contribution in [2.75, 3.05) is 37.6 Å². The average molecular weight is 365 g/mol. The number of carbonyl (C=O) groups is 2. The Labute approximate surface area is 150 Å². The van der Waals surface area contributed by atoms with Crippen LogP contribution in [0, 0.1) is 6.92 Å². The van der Waals surface area contributed by atoms with Gasteiger partial charge in [0.1, 0.15) is 0 Å². The first-order chi connectivity index (χ1) is 10.1. The van der Waals surface area contributed by atoms with E-state index in [9.17, 15) is 9.59 Å². The summed E-state index contributed by atoms with van der Waals surface area (Å²) < 4.78 is 0. The van der Waals surface area contributed by atoms with Crippen LogP contribution in [0.5, 0.6) is 0 Å². The first kappa shape index (κ1) is 23.8. The number of nitrogens with zero attached hydrogens (tertiary/aromatic N) is 1. The van der Waals surface area contributed by atoms with Gasteiger partial charge in [-0.1, -0.05) is 12.1 Å². The molecular weight excluding hydrogens is 339 g/mol. The van der Waals surface area contributed by atoms with Gasteiger partial charge in [-0.25, -0.2) is 0 Å². The van der Waals surface area contributed by atoms with Crippen molar-refractivity contribution < 1.29 is 9.59 Å². The fourth-order valence-electron chi connectivity index (χ4n) is 1.94. The highest BCUT2D eigenvalue weighted by Gasteiger charge is 2.06. The lowest BCUT2D eigenvalue weighted by molar-refractivity contribution is -0.125. The molecule has 0 aromatic heterocycles. The summed E-state index contributed by atoms with van der Waals surface area (Å²) in [6, 6.07) is 8.25. The molecule has 0 saturated heterocycles. The summed E-state index contributed by atoms with van der Waals surface area (Å²) >= 11 is 0. The van der Waals surface area contributed by atoms with Crippen molar-refractivity contribution in [3.05, 3.63) is 29.8 Å². The molecular formula is C15H26Cl2N4O2. The summed E-state index contributed by atoms with van der Waals surface area (Å²) in [5.74, 6) is -0.544. The molecule has 0 unspecified atom stereocenters. The largest absolute Gasteiger partial charge is 0.370 e. The van der Waals surface area contributed by atoms with Crippen LogP contribution >= 0.6 is 24.8 Å². The molecule has 23 heavy (non-hydrogen) atoms. The van der Waals surface area contributed by atoms with Crippen LogP contribution in [-0.4, -0.2) is 44.5 Å². The fraction of sp³-hybridized carbons (Fsp3) is 0.467. The van der Waals surface area contributed by atoms with E-state index in [4.69, 9.17) is 5.73 Å². The van der Waals surface area contributed by atoms with Gasteiger partial charge in [0.25, 0.3) is 0 Å². The normalized spacial score (nSPS) is 9.17. The lowest BCUT2D eigenvalue weighted by Gasteiger charge is -2.23. The van der Waals surface area contributed by atoms with E-state index in [1.165, 1.54) is 5.56 Å². The number of nitrogens with two attached hydrogens (primary N) is 1. The number of hydrogen-bond acceptors (Lipinski definition) is 4. The van der Waals surface area contributed by atoms with Crippen LogP contribution in [0.2, 0.25) is 0 Å². The Morgan fingerprint density at radius 1 is 1.17 bits per heavy atom. The predicted octanol–water partition coefficient (Wildman–Crippen LogP) is 0.856. The van der Waals surface area contributed by atoms with Crippen molar-refractivity contribution in [3.63, 3.8) is 0 Å². The SMILES string of the molecule is CCN(CCNC(=O)CNC(=O)CN)c1cccc(C)c1.Cl.Cl. The average Bonchev–Trinajstić information content (AvgIpc) is 2.49. The molecule has 0 radical (unpaired) electrons. The second-order valence-corrected chi connectivity index (χ2v) is 4.75. The number of aryl methyl sites for hydroxylation is 1. The maximum atomic E-state index is 11.5. The molecule has 1 aromatic rings. The van der Waals surface area contributed by atoms with Gasteiger partial charge in [-0.05, 0) is 31.5 Å². The lowest BCUT2D eigenvalue weighted by Crippen LogP contribution is -2.42. The standard InChI is InChI=1S/C15H24N4O2.2ClH/c1-3-19(13-6-4-5-12(2)9-13)8-7-17-15(21)11-18-14(20)10-16;;/h4-6,9H,3,7-8,10-11,16H2,1-2H3,(H,17,21)(H,18,20);2*1H. The highest BCUT2D eigenvalue weighted by molar-refractivity contribution is 5.86. The number of likely N-dealkylation sites (N-methyl/N-ethyl adjacent to an activating group) is 1. The van der Waals surface area contributed by atoms with Crippen molar-refractivity contribution in [3.8, 4) is 0 Å². The van der Waals surface area contributed by atoms with Crippen LogP contribution in [0.4, 0.5) is 5.69 Å². The van der Waals surface area contributed by atoms with E-state index in [0.717, 1.165) is 18.8 Å². The highest BCUT2D eigenvalue weighted by atomic mass is 35.5. The zero-order valence-corrected chi connectivity index (χ0v) is 15.1. The van der Waals surface area contributed by atoms with E-state index in [1.807, 2.05) is 6.07 Å². The Morgan fingerprint density at radius 2 is 1.87 bits per heavy atom. The minimum atomic E-state index is -0.333. The topological polar surface area (TPSA) is 87.5 Å². The predicted molar refractivity (Wildman–Crippen MR) is 98.6 cm³/mol. The van der Waals surface area contributed by atoms with Gasteiger partial charge in [0.05, 0.1) is 13.1 Å².